The van der Waals surface area contributed by atoms with Crippen molar-refractivity contribution in [1.82, 2.24) is 4.98 Å². The summed E-state index contributed by atoms with van der Waals surface area (Å²) >= 11 is 0. The van der Waals surface area contributed by atoms with Gasteiger partial charge in [-0.2, -0.15) is 0 Å². The second-order valence-corrected chi connectivity index (χ2v) is 6.45. The molecule has 2 aromatic carbocycles. The van der Waals surface area contributed by atoms with Crippen molar-refractivity contribution in [1.29, 1.82) is 0 Å². The maximum atomic E-state index is 12.4. The molecule has 2 heterocycles. The lowest BCUT2D eigenvalue weighted by molar-refractivity contribution is -0.118. The second kappa shape index (κ2) is 7.88. The first-order chi connectivity index (χ1) is 13.7. The first kappa shape index (κ1) is 17.7. The SMILES string of the molecule is O=C(C[C@H]1OC(=O)c2ccccc21)Nc1cccc(/C=C/c2ccccn2)c1. The van der Waals surface area contributed by atoms with E-state index in [9.17, 15) is 9.59 Å². The van der Waals surface area contributed by atoms with Gasteiger partial charge < -0.3 is 10.1 Å². The molecule has 0 aliphatic carbocycles. The number of hydrogen-bond acceptors (Lipinski definition) is 4. The van der Waals surface area contributed by atoms with E-state index in [4.69, 9.17) is 4.74 Å². The Kier molecular flexibility index (Phi) is 4.97. The molecule has 1 aliphatic heterocycles. The molecular weight excluding hydrogens is 352 g/mol. The highest BCUT2D eigenvalue weighted by atomic mass is 16.5. The molecule has 4 rings (SSSR count). The summed E-state index contributed by atoms with van der Waals surface area (Å²) in [5.74, 6) is -0.588. The average Bonchev–Trinajstić information content (AvgIpc) is 3.03. The first-order valence-electron chi connectivity index (χ1n) is 8.98. The number of ether oxygens (including phenoxy) is 1. The molecule has 0 radical (unpaired) electrons. The minimum Gasteiger partial charge on any atom is -0.453 e. The van der Waals surface area contributed by atoms with Crippen LogP contribution in [0.1, 0.15) is 39.7 Å². The van der Waals surface area contributed by atoms with Gasteiger partial charge in [0.1, 0.15) is 6.10 Å². The van der Waals surface area contributed by atoms with Crippen molar-refractivity contribution in [2.24, 2.45) is 0 Å². The molecule has 1 aromatic heterocycles. The van der Waals surface area contributed by atoms with Gasteiger partial charge in [0.25, 0.3) is 0 Å². The van der Waals surface area contributed by atoms with E-state index in [1.165, 1.54) is 0 Å². The number of rotatable bonds is 5. The van der Waals surface area contributed by atoms with Crippen LogP contribution >= 0.6 is 0 Å². The number of benzene rings is 2. The zero-order valence-corrected chi connectivity index (χ0v) is 15.0. The molecule has 3 aromatic rings. The van der Waals surface area contributed by atoms with Gasteiger partial charge in [-0.3, -0.25) is 9.78 Å². The Labute approximate surface area is 162 Å². The molecule has 1 aliphatic rings. The lowest BCUT2D eigenvalue weighted by atomic mass is 10.0. The number of esters is 1. The highest BCUT2D eigenvalue weighted by Crippen LogP contribution is 2.33. The van der Waals surface area contributed by atoms with Gasteiger partial charge in [0.15, 0.2) is 0 Å². The predicted octanol–water partition coefficient (Wildman–Crippen LogP) is 4.49. The molecule has 5 heteroatoms. The third-order valence-corrected chi connectivity index (χ3v) is 4.45. The van der Waals surface area contributed by atoms with E-state index in [0.717, 1.165) is 16.8 Å². The summed E-state index contributed by atoms with van der Waals surface area (Å²) in [5.41, 5.74) is 3.78. The average molecular weight is 370 g/mol. The fourth-order valence-electron chi connectivity index (χ4n) is 3.13. The molecule has 0 fully saturated rings. The number of cyclic esters (lactones) is 1. The molecule has 1 atom stereocenters. The molecule has 1 amide bonds. The Balaban J connectivity index is 1.41. The molecule has 0 spiro atoms. The number of carbonyl (C=O) groups excluding carboxylic acids is 2. The van der Waals surface area contributed by atoms with Crippen LogP contribution in [0.25, 0.3) is 12.2 Å². The number of fused-ring (bicyclic) bond motifs is 1. The monoisotopic (exact) mass is 370 g/mol. The summed E-state index contributed by atoms with van der Waals surface area (Å²) in [6, 6.07) is 20.4. The van der Waals surface area contributed by atoms with Crippen LogP contribution in [-0.2, 0) is 9.53 Å². The molecule has 0 saturated carbocycles. The number of pyridine rings is 1. The largest absolute Gasteiger partial charge is 0.453 e. The Morgan fingerprint density at radius 1 is 1.04 bits per heavy atom. The smallest absolute Gasteiger partial charge is 0.339 e. The Hall–Kier alpha value is -3.73. The minimum absolute atomic E-state index is 0.0801. The quantitative estimate of drug-likeness (QED) is 0.672. The lowest BCUT2D eigenvalue weighted by Gasteiger charge is -2.11. The van der Waals surface area contributed by atoms with Crippen LogP contribution in [0.2, 0.25) is 0 Å². The summed E-state index contributed by atoms with van der Waals surface area (Å²) in [5, 5.41) is 2.87. The highest BCUT2D eigenvalue weighted by molar-refractivity contribution is 5.96. The van der Waals surface area contributed by atoms with Gasteiger partial charge in [0.05, 0.1) is 17.7 Å². The number of nitrogens with zero attached hydrogens (tertiary/aromatic N) is 1. The Morgan fingerprint density at radius 3 is 2.75 bits per heavy atom. The maximum Gasteiger partial charge on any atom is 0.339 e. The van der Waals surface area contributed by atoms with Gasteiger partial charge in [-0.05, 0) is 42.0 Å². The van der Waals surface area contributed by atoms with E-state index in [1.807, 2.05) is 66.7 Å². The van der Waals surface area contributed by atoms with Crippen LogP contribution in [-0.4, -0.2) is 16.9 Å². The fourth-order valence-corrected chi connectivity index (χ4v) is 3.13. The van der Waals surface area contributed by atoms with Gasteiger partial charge >= 0.3 is 5.97 Å². The van der Waals surface area contributed by atoms with E-state index in [0.29, 0.717) is 11.3 Å². The topological polar surface area (TPSA) is 68.3 Å². The number of hydrogen-bond donors (Lipinski definition) is 1. The third kappa shape index (κ3) is 3.99. The molecule has 5 nitrogen and oxygen atoms in total. The van der Waals surface area contributed by atoms with E-state index in [1.54, 1.807) is 18.3 Å². The Bertz CT molecular complexity index is 1040. The summed E-state index contributed by atoms with van der Waals surface area (Å²) in [4.78, 5) is 28.6. The summed E-state index contributed by atoms with van der Waals surface area (Å²) in [6.45, 7) is 0. The highest BCUT2D eigenvalue weighted by Gasteiger charge is 2.31. The van der Waals surface area contributed by atoms with Crippen molar-refractivity contribution in [3.8, 4) is 0 Å². The number of aromatic nitrogens is 1. The Morgan fingerprint density at radius 2 is 1.89 bits per heavy atom. The number of anilines is 1. The lowest BCUT2D eigenvalue weighted by Crippen LogP contribution is -2.15. The fraction of sp³-hybridized carbons (Fsp3) is 0.0870. The number of amides is 1. The van der Waals surface area contributed by atoms with Gasteiger partial charge in [0, 0.05) is 17.4 Å². The van der Waals surface area contributed by atoms with Crippen LogP contribution in [0, 0.1) is 0 Å². The number of nitrogens with one attached hydrogen (secondary N) is 1. The van der Waals surface area contributed by atoms with Crippen molar-refractivity contribution in [3.05, 3.63) is 95.3 Å². The van der Waals surface area contributed by atoms with E-state index in [2.05, 4.69) is 10.3 Å². The normalized spacial score (nSPS) is 15.3. The van der Waals surface area contributed by atoms with Crippen molar-refractivity contribution >= 4 is 29.7 Å². The van der Waals surface area contributed by atoms with Crippen LogP contribution in [0.4, 0.5) is 5.69 Å². The zero-order valence-electron chi connectivity index (χ0n) is 15.0. The van der Waals surface area contributed by atoms with E-state index in [-0.39, 0.29) is 18.3 Å². The van der Waals surface area contributed by atoms with Gasteiger partial charge in [-0.25, -0.2) is 4.79 Å². The van der Waals surface area contributed by atoms with Crippen LogP contribution in [0.15, 0.2) is 72.9 Å². The van der Waals surface area contributed by atoms with Crippen LogP contribution in [0.3, 0.4) is 0 Å². The molecule has 1 N–H and O–H groups in total. The molecule has 0 unspecified atom stereocenters. The third-order valence-electron chi connectivity index (χ3n) is 4.45. The van der Waals surface area contributed by atoms with Crippen molar-refractivity contribution in [3.63, 3.8) is 0 Å². The maximum absolute atomic E-state index is 12.4. The molecule has 138 valence electrons. The van der Waals surface area contributed by atoms with E-state index < -0.39 is 6.10 Å². The first-order valence-corrected chi connectivity index (χ1v) is 8.98. The predicted molar refractivity (Wildman–Crippen MR) is 107 cm³/mol. The van der Waals surface area contributed by atoms with Gasteiger partial charge in [-0.1, -0.05) is 42.5 Å². The summed E-state index contributed by atoms with van der Waals surface area (Å²) in [7, 11) is 0. The van der Waals surface area contributed by atoms with Crippen molar-refractivity contribution < 1.29 is 14.3 Å². The molecular formula is C23H18N2O3. The second-order valence-electron chi connectivity index (χ2n) is 6.45. The molecule has 0 bridgehead atoms. The van der Waals surface area contributed by atoms with Crippen molar-refractivity contribution in [2.75, 3.05) is 5.32 Å². The minimum atomic E-state index is -0.545. The van der Waals surface area contributed by atoms with E-state index >= 15 is 0 Å². The summed E-state index contributed by atoms with van der Waals surface area (Å²) < 4.78 is 5.33. The van der Waals surface area contributed by atoms with Gasteiger partial charge in [0.2, 0.25) is 5.91 Å². The molecule has 0 saturated heterocycles. The zero-order chi connectivity index (χ0) is 19.3. The molecule has 28 heavy (non-hydrogen) atoms. The van der Waals surface area contributed by atoms with Crippen molar-refractivity contribution in [2.45, 2.75) is 12.5 Å². The number of carbonyl (C=O) groups is 2. The van der Waals surface area contributed by atoms with Crippen LogP contribution in [0.5, 0.6) is 0 Å². The standard InChI is InChI=1S/C23H18N2O3/c26-22(15-21-19-9-1-2-10-20(19)23(27)28-21)25-18-8-5-6-16(14-18)11-12-17-7-3-4-13-24-17/h1-14,21H,15H2,(H,25,26)/b12-11+/t21-/m1/s1. The summed E-state index contributed by atoms with van der Waals surface area (Å²) in [6.07, 6.45) is 5.13. The van der Waals surface area contributed by atoms with Crippen LogP contribution < -0.4 is 5.32 Å². The van der Waals surface area contributed by atoms with Gasteiger partial charge in [-0.15, -0.1) is 0 Å².